The van der Waals surface area contributed by atoms with Gasteiger partial charge in [-0.05, 0) is 56.8 Å². The quantitative estimate of drug-likeness (QED) is 0.187. The Balaban J connectivity index is 1.31. The van der Waals surface area contributed by atoms with Crippen LogP contribution < -0.4 is 0 Å². The molecule has 10 aromatic rings. The Morgan fingerprint density at radius 3 is 2.06 bits per heavy atom. The van der Waals surface area contributed by atoms with Gasteiger partial charge in [0.25, 0.3) is 0 Å². The van der Waals surface area contributed by atoms with Crippen LogP contribution in [0.5, 0.6) is 0 Å². The first-order valence-corrected chi connectivity index (χ1v) is 18.3. The van der Waals surface area contributed by atoms with Crippen molar-refractivity contribution >= 4 is 64.2 Å². The molecule has 0 bridgehead atoms. The molecule has 0 atom stereocenters. The second kappa shape index (κ2) is 10.5. The van der Waals surface area contributed by atoms with Crippen molar-refractivity contribution in [2.75, 3.05) is 0 Å². The fraction of sp³-hybridized carbons (Fsp3) is 0.0638. The summed E-state index contributed by atoms with van der Waals surface area (Å²) in [6.07, 6.45) is 0. The summed E-state index contributed by atoms with van der Waals surface area (Å²) >= 11 is 1.77. The minimum absolute atomic E-state index is 0.165. The van der Waals surface area contributed by atoms with Crippen LogP contribution in [-0.2, 0) is 5.41 Å². The molecule has 7 aromatic carbocycles. The first-order chi connectivity index (χ1) is 25.1. The van der Waals surface area contributed by atoms with Crippen molar-refractivity contribution in [3.05, 3.63) is 163 Å². The first-order valence-electron chi connectivity index (χ1n) is 17.5. The predicted molar refractivity (Wildman–Crippen MR) is 215 cm³/mol. The lowest BCUT2D eigenvalue weighted by Gasteiger charge is -2.25. The van der Waals surface area contributed by atoms with Gasteiger partial charge in [-0.15, -0.1) is 11.3 Å². The highest BCUT2D eigenvalue weighted by Gasteiger charge is 2.38. The summed E-state index contributed by atoms with van der Waals surface area (Å²) in [5, 5.41) is 5.96. The van der Waals surface area contributed by atoms with Crippen LogP contribution in [0.1, 0.15) is 25.0 Å². The smallest absolute Gasteiger partial charge is 0.235 e. The van der Waals surface area contributed by atoms with Crippen LogP contribution in [0.25, 0.3) is 92.3 Å². The summed E-state index contributed by atoms with van der Waals surface area (Å²) in [6.45, 7) is 4.74. The third kappa shape index (κ3) is 3.99. The van der Waals surface area contributed by atoms with Gasteiger partial charge in [-0.1, -0.05) is 147 Å². The number of aromatic nitrogens is 3. The third-order valence-electron chi connectivity index (χ3n) is 11.0. The second-order valence-electron chi connectivity index (χ2n) is 14.2. The van der Waals surface area contributed by atoms with E-state index in [-0.39, 0.29) is 5.41 Å². The third-order valence-corrected chi connectivity index (χ3v) is 12.1. The molecule has 0 radical (unpaired) electrons. The molecule has 11 rings (SSSR count). The maximum atomic E-state index is 5.52. The molecule has 3 aromatic heterocycles. The molecule has 1 aliphatic rings. The number of hydrogen-bond donors (Lipinski definition) is 0. The molecular formula is C47H31N3S. The van der Waals surface area contributed by atoms with Gasteiger partial charge in [-0.25, -0.2) is 9.97 Å². The lowest BCUT2D eigenvalue weighted by Crippen LogP contribution is -2.16. The Bertz CT molecular complexity index is 3060. The van der Waals surface area contributed by atoms with Gasteiger partial charge < -0.3 is 0 Å². The zero-order valence-electron chi connectivity index (χ0n) is 28.2. The fourth-order valence-corrected chi connectivity index (χ4v) is 9.87. The zero-order chi connectivity index (χ0) is 33.8. The van der Waals surface area contributed by atoms with Crippen molar-refractivity contribution in [2.45, 2.75) is 19.3 Å². The van der Waals surface area contributed by atoms with Crippen molar-refractivity contribution in [1.29, 1.82) is 0 Å². The van der Waals surface area contributed by atoms with Gasteiger partial charge in [0.15, 0.2) is 0 Å². The molecule has 0 aliphatic heterocycles. The summed E-state index contributed by atoms with van der Waals surface area (Å²) in [6, 6.07) is 55.0. The first kappa shape index (κ1) is 28.7. The molecule has 3 nitrogen and oxygen atoms in total. The Kier molecular flexibility index (Phi) is 5.89. The van der Waals surface area contributed by atoms with E-state index in [2.05, 4.69) is 170 Å². The molecule has 51 heavy (non-hydrogen) atoms. The minimum Gasteiger partial charge on any atom is -0.277 e. The zero-order valence-corrected chi connectivity index (χ0v) is 29.0. The van der Waals surface area contributed by atoms with Crippen molar-refractivity contribution in [3.63, 3.8) is 0 Å². The normalized spacial score (nSPS) is 13.5. The number of nitrogens with zero attached hydrogens (tertiary/aromatic N) is 3. The number of benzene rings is 7. The van der Waals surface area contributed by atoms with E-state index in [1.807, 2.05) is 0 Å². The van der Waals surface area contributed by atoms with Crippen LogP contribution >= 0.6 is 11.3 Å². The van der Waals surface area contributed by atoms with Crippen LogP contribution in [-0.4, -0.2) is 14.5 Å². The summed E-state index contributed by atoms with van der Waals surface area (Å²) in [4.78, 5) is 11.0. The van der Waals surface area contributed by atoms with Gasteiger partial charge in [0.2, 0.25) is 5.95 Å². The molecule has 0 saturated carbocycles. The van der Waals surface area contributed by atoms with E-state index < -0.39 is 0 Å². The van der Waals surface area contributed by atoms with Gasteiger partial charge in [0.05, 0.1) is 26.9 Å². The molecular weight excluding hydrogens is 639 g/mol. The molecule has 1 aliphatic carbocycles. The molecule has 0 amide bonds. The monoisotopic (exact) mass is 669 g/mol. The highest BCUT2D eigenvalue weighted by molar-refractivity contribution is 7.26. The molecule has 0 N–H and O–H groups in total. The van der Waals surface area contributed by atoms with Gasteiger partial charge >= 0.3 is 0 Å². The number of para-hydroxylation sites is 1. The van der Waals surface area contributed by atoms with Crippen molar-refractivity contribution in [2.24, 2.45) is 0 Å². The molecule has 4 heteroatoms. The lowest BCUT2D eigenvalue weighted by molar-refractivity contribution is 0.662. The highest BCUT2D eigenvalue weighted by Crippen LogP contribution is 2.53. The van der Waals surface area contributed by atoms with E-state index in [1.54, 1.807) is 11.3 Å². The molecule has 0 spiro atoms. The van der Waals surface area contributed by atoms with Gasteiger partial charge in [0.1, 0.15) is 0 Å². The topological polar surface area (TPSA) is 30.7 Å². The average molecular weight is 670 g/mol. The molecule has 3 heterocycles. The second-order valence-corrected chi connectivity index (χ2v) is 15.2. The van der Waals surface area contributed by atoms with Crippen molar-refractivity contribution in [1.82, 2.24) is 14.5 Å². The van der Waals surface area contributed by atoms with E-state index >= 15 is 0 Å². The summed E-state index contributed by atoms with van der Waals surface area (Å²) in [7, 11) is 0. The average Bonchev–Trinajstić information content (AvgIpc) is 3.79. The number of rotatable bonds is 3. The van der Waals surface area contributed by atoms with Crippen LogP contribution in [0, 0.1) is 0 Å². The van der Waals surface area contributed by atoms with Crippen molar-refractivity contribution in [3.8, 4) is 39.5 Å². The van der Waals surface area contributed by atoms with Gasteiger partial charge in [-0.3, -0.25) is 4.57 Å². The lowest BCUT2D eigenvalue weighted by atomic mass is 9.78. The van der Waals surface area contributed by atoms with E-state index in [0.717, 1.165) is 37.9 Å². The standard InChI is InChI=1S/C47H31N3S/c1-47(2)38-24-10-8-18-31(38)32-20-12-21-33(41(32)47)34-22-13-23-35-37-26-29-16-6-7-17-30(29)27-39(37)50(44(34)35)46-48-42(28-14-4-3-5-15-28)45-43(49-46)36-19-9-11-25-40(36)51-45/h3-27H,1-2H3. The SMILES string of the molecule is CC1(C)c2ccccc2-c2cccc(-c3cccc4c5cc6ccccc6cc5n(-c5nc(-c6ccccc6)c6sc7ccccc7c6n5)c34)c21. The molecule has 0 unspecified atom stereocenters. The van der Waals surface area contributed by atoms with E-state index in [1.165, 1.54) is 59.6 Å². The fourth-order valence-electron chi connectivity index (χ4n) is 8.72. The van der Waals surface area contributed by atoms with E-state index in [4.69, 9.17) is 9.97 Å². The van der Waals surface area contributed by atoms with E-state index in [9.17, 15) is 0 Å². The predicted octanol–water partition coefficient (Wildman–Crippen LogP) is 12.7. The highest BCUT2D eigenvalue weighted by atomic mass is 32.1. The van der Waals surface area contributed by atoms with Crippen LogP contribution in [0.3, 0.4) is 0 Å². The molecule has 240 valence electrons. The Morgan fingerprint density at radius 2 is 1.20 bits per heavy atom. The summed E-state index contributed by atoms with van der Waals surface area (Å²) < 4.78 is 4.67. The number of thiophene rings is 1. The van der Waals surface area contributed by atoms with Crippen LogP contribution in [0.15, 0.2) is 152 Å². The van der Waals surface area contributed by atoms with Gasteiger partial charge in [-0.2, -0.15) is 0 Å². The maximum Gasteiger partial charge on any atom is 0.235 e. The Hall–Kier alpha value is -6.10. The Morgan fingerprint density at radius 1 is 0.549 bits per heavy atom. The van der Waals surface area contributed by atoms with Crippen molar-refractivity contribution < 1.29 is 0 Å². The van der Waals surface area contributed by atoms with Crippen LogP contribution in [0.2, 0.25) is 0 Å². The minimum atomic E-state index is -0.165. The number of hydrogen-bond acceptors (Lipinski definition) is 3. The molecule has 0 fully saturated rings. The Labute approximate surface area is 299 Å². The van der Waals surface area contributed by atoms with Crippen LogP contribution in [0.4, 0.5) is 0 Å². The number of fused-ring (bicyclic) bond motifs is 10. The van der Waals surface area contributed by atoms with E-state index in [0.29, 0.717) is 5.95 Å². The summed E-state index contributed by atoms with van der Waals surface area (Å²) in [5.41, 5.74) is 12.9. The molecule has 0 saturated heterocycles. The summed E-state index contributed by atoms with van der Waals surface area (Å²) in [5.74, 6) is 0.683. The van der Waals surface area contributed by atoms with Gasteiger partial charge in [0, 0.05) is 37.4 Å². The maximum absolute atomic E-state index is 5.52. The largest absolute Gasteiger partial charge is 0.277 e.